The highest BCUT2D eigenvalue weighted by molar-refractivity contribution is 9.09. The number of phenols is 1. The van der Waals surface area contributed by atoms with Crippen molar-refractivity contribution in [3.63, 3.8) is 0 Å². The highest BCUT2D eigenvalue weighted by Crippen LogP contribution is 2.34. The Balaban J connectivity index is 1.92. The first-order chi connectivity index (χ1) is 9.15. The molecular formula is C13H11BrN2O2S. The van der Waals surface area contributed by atoms with Gasteiger partial charge < -0.3 is 5.11 Å². The van der Waals surface area contributed by atoms with Crippen LogP contribution in [0, 0.1) is 0 Å². The van der Waals surface area contributed by atoms with Gasteiger partial charge >= 0.3 is 0 Å². The molecular weight excluding hydrogens is 328 g/mol. The summed E-state index contributed by atoms with van der Waals surface area (Å²) in [5.74, 6) is 0.283. The summed E-state index contributed by atoms with van der Waals surface area (Å²) in [7, 11) is 0. The van der Waals surface area contributed by atoms with Gasteiger partial charge in [0.1, 0.15) is 5.75 Å². The van der Waals surface area contributed by atoms with Crippen LogP contribution >= 0.6 is 27.3 Å². The maximum absolute atomic E-state index is 11.8. The van der Waals surface area contributed by atoms with Crippen molar-refractivity contribution in [2.75, 3.05) is 11.4 Å². The van der Waals surface area contributed by atoms with E-state index in [0.717, 1.165) is 0 Å². The van der Waals surface area contributed by atoms with Crippen LogP contribution < -0.4 is 4.90 Å². The summed E-state index contributed by atoms with van der Waals surface area (Å²) in [4.78, 5) is 18.1. The molecule has 1 aliphatic heterocycles. The molecule has 0 spiro atoms. The molecule has 0 saturated carbocycles. The number of benzene rings is 1. The molecule has 19 heavy (non-hydrogen) atoms. The number of phenolic OH excluding ortho intramolecular Hbond substituents is 1. The van der Waals surface area contributed by atoms with Gasteiger partial charge in [-0.2, -0.15) is 0 Å². The van der Waals surface area contributed by atoms with Gasteiger partial charge in [-0.25, -0.2) is 4.98 Å². The summed E-state index contributed by atoms with van der Waals surface area (Å²) in [6, 6.07) is 7.06. The van der Waals surface area contributed by atoms with Crippen molar-refractivity contribution >= 4 is 38.3 Å². The van der Waals surface area contributed by atoms with Crippen molar-refractivity contribution in [3.8, 4) is 17.0 Å². The van der Waals surface area contributed by atoms with E-state index in [1.165, 1.54) is 11.3 Å². The van der Waals surface area contributed by atoms with Crippen molar-refractivity contribution in [2.45, 2.75) is 11.2 Å². The second-order valence-corrected chi connectivity index (χ2v) is 6.47. The van der Waals surface area contributed by atoms with Gasteiger partial charge in [0.15, 0.2) is 5.13 Å². The zero-order chi connectivity index (χ0) is 13.4. The number of aromatic nitrogens is 1. The number of thiazole rings is 1. The van der Waals surface area contributed by atoms with Crippen molar-refractivity contribution in [3.05, 3.63) is 29.6 Å². The summed E-state index contributed by atoms with van der Waals surface area (Å²) in [6.07, 6.45) is 0.505. The zero-order valence-electron chi connectivity index (χ0n) is 9.91. The monoisotopic (exact) mass is 338 g/mol. The Labute approximate surface area is 122 Å². The van der Waals surface area contributed by atoms with Gasteiger partial charge in [-0.3, -0.25) is 9.69 Å². The quantitative estimate of drug-likeness (QED) is 0.856. The van der Waals surface area contributed by atoms with Crippen LogP contribution in [0.5, 0.6) is 5.75 Å². The summed E-state index contributed by atoms with van der Waals surface area (Å²) in [6.45, 7) is 0.645. The van der Waals surface area contributed by atoms with E-state index in [2.05, 4.69) is 20.9 Å². The fourth-order valence-corrected chi connectivity index (χ4v) is 3.47. The molecule has 2 aromatic rings. The van der Waals surface area contributed by atoms with E-state index in [0.29, 0.717) is 29.4 Å². The predicted molar refractivity (Wildman–Crippen MR) is 78.9 cm³/mol. The number of carbonyl (C=O) groups is 1. The average Bonchev–Trinajstić information content (AvgIpc) is 2.96. The summed E-state index contributed by atoms with van der Waals surface area (Å²) in [5, 5.41) is 12.4. The number of rotatable bonds is 2. The summed E-state index contributed by atoms with van der Waals surface area (Å²) in [5.41, 5.74) is 1.39. The number of carbonyl (C=O) groups excluding carboxylic acids is 1. The smallest absolute Gasteiger partial charge is 0.230 e. The highest BCUT2D eigenvalue weighted by Gasteiger charge is 2.30. The molecule has 1 atom stereocenters. The minimum atomic E-state index is 0.0834. The Hall–Kier alpha value is -1.40. The van der Waals surface area contributed by atoms with Gasteiger partial charge in [-0.15, -0.1) is 11.3 Å². The molecule has 1 unspecified atom stereocenters. The standard InChI is InChI=1S/C13H11BrN2O2S/c14-8-5-12(18)16(6-8)13-15-10(7-19-13)9-3-1-2-4-11(9)17/h1-4,7-8,17H,5-6H2. The second-order valence-electron chi connectivity index (χ2n) is 4.34. The average molecular weight is 339 g/mol. The van der Waals surface area contributed by atoms with E-state index < -0.39 is 0 Å². The lowest BCUT2D eigenvalue weighted by Crippen LogP contribution is -2.24. The number of amides is 1. The molecule has 1 amide bonds. The Kier molecular flexibility index (Phi) is 3.28. The van der Waals surface area contributed by atoms with Gasteiger partial charge in [-0.05, 0) is 12.1 Å². The molecule has 98 valence electrons. The van der Waals surface area contributed by atoms with E-state index >= 15 is 0 Å². The SMILES string of the molecule is O=C1CC(Br)CN1c1nc(-c2ccccc2O)cs1. The fourth-order valence-electron chi connectivity index (χ4n) is 2.05. The number of anilines is 1. The number of halogens is 1. The molecule has 3 rings (SSSR count). The van der Waals surface area contributed by atoms with E-state index in [-0.39, 0.29) is 16.5 Å². The van der Waals surface area contributed by atoms with Gasteiger partial charge in [0.2, 0.25) is 5.91 Å². The van der Waals surface area contributed by atoms with Crippen LogP contribution in [0.3, 0.4) is 0 Å². The number of hydrogen-bond acceptors (Lipinski definition) is 4. The Morgan fingerprint density at radius 1 is 1.42 bits per heavy atom. The molecule has 1 aromatic carbocycles. The first-order valence-corrected chi connectivity index (χ1v) is 7.63. The minimum Gasteiger partial charge on any atom is -0.507 e. The summed E-state index contributed by atoms with van der Waals surface area (Å²) >= 11 is 4.87. The van der Waals surface area contributed by atoms with Crippen LogP contribution in [0.1, 0.15) is 6.42 Å². The molecule has 1 fully saturated rings. The van der Waals surface area contributed by atoms with Crippen LogP contribution in [-0.4, -0.2) is 27.4 Å². The van der Waals surface area contributed by atoms with Crippen LogP contribution in [-0.2, 0) is 4.79 Å². The normalized spacial score (nSPS) is 19.1. The first-order valence-electron chi connectivity index (χ1n) is 5.83. The fraction of sp³-hybridized carbons (Fsp3) is 0.231. The van der Waals surface area contributed by atoms with Crippen LogP contribution in [0.25, 0.3) is 11.3 Å². The highest BCUT2D eigenvalue weighted by atomic mass is 79.9. The third-order valence-electron chi connectivity index (χ3n) is 2.98. The molecule has 1 saturated heterocycles. The van der Waals surface area contributed by atoms with Gasteiger partial charge in [-0.1, -0.05) is 28.1 Å². The third-order valence-corrected chi connectivity index (χ3v) is 4.46. The molecule has 0 radical (unpaired) electrons. The number of nitrogens with zero attached hydrogens (tertiary/aromatic N) is 2. The number of hydrogen-bond donors (Lipinski definition) is 1. The van der Waals surface area contributed by atoms with Gasteiger partial charge in [0.05, 0.1) is 5.69 Å². The zero-order valence-corrected chi connectivity index (χ0v) is 12.3. The lowest BCUT2D eigenvalue weighted by atomic mass is 10.1. The molecule has 0 bridgehead atoms. The predicted octanol–water partition coefficient (Wildman–Crippen LogP) is 3.02. The van der Waals surface area contributed by atoms with E-state index in [1.807, 2.05) is 17.5 Å². The minimum absolute atomic E-state index is 0.0834. The van der Waals surface area contributed by atoms with Crippen molar-refractivity contribution < 1.29 is 9.90 Å². The molecule has 1 aliphatic rings. The summed E-state index contributed by atoms with van der Waals surface area (Å²) < 4.78 is 0. The van der Waals surface area contributed by atoms with Crippen molar-refractivity contribution in [1.29, 1.82) is 0 Å². The van der Waals surface area contributed by atoms with Gasteiger partial charge in [0.25, 0.3) is 0 Å². The Morgan fingerprint density at radius 2 is 2.21 bits per heavy atom. The van der Waals surface area contributed by atoms with Crippen LogP contribution in [0.4, 0.5) is 5.13 Å². The van der Waals surface area contributed by atoms with Gasteiger partial charge in [0, 0.05) is 28.7 Å². The van der Waals surface area contributed by atoms with Crippen molar-refractivity contribution in [2.24, 2.45) is 0 Å². The molecule has 1 N–H and O–H groups in total. The van der Waals surface area contributed by atoms with Crippen molar-refractivity contribution in [1.82, 2.24) is 4.98 Å². The van der Waals surface area contributed by atoms with Crippen LogP contribution in [0.15, 0.2) is 29.6 Å². The lowest BCUT2D eigenvalue weighted by molar-refractivity contribution is -0.117. The Morgan fingerprint density at radius 3 is 2.89 bits per heavy atom. The molecule has 2 heterocycles. The first kappa shape index (κ1) is 12.6. The second kappa shape index (κ2) is 4.94. The van der Waals surface area contributed by atoms with E-state index in [9.17, 15) is 9.90 Å². The third kappa shape index (κ3) is 2.37. The number of aromatic hydroxyl groups is 1. The largest absolute Gasteiger partial charge is 0.507 e. The maximum atomic E-state index is 11.8. The van der Waals surface area contributed by atoms with E-state index in [4.69, 9.17) is 0 Å². The topological polar surface area (TPSA) is 53.4 Å². The lowest BCUT2D eigenvalue weighted by Gasteiger charge is -2.10. The number of para-hydroxylation sites is 1. The van der Waals surface area contributed by atoms with E-state index in [1.54, 1.807) is 17.0 Å². The maximum Gasteiger partial charge on any atom is 0.230 e. The molecule has 0 aliphatic carbocycles. The molecule has 6 heteroatoms. The number of alkyl halides is 1. The molecule has 4 nitrogen and oxygen atoms in total. The molecule has 1 aromatic heterocycles. The Bertz CT molecular complexity index is 629. The van der Waals surface area contributed by atoms with Crippen LogP contribution in [0.2, 0.25) is 0 Å².